The van der Waals surface area contributed by atoms with Gasteiger partial charge in [-0.3, -0.25) is 0 Å². The van der Waals surface area contributed by atoms with Crippen LogP contribution in [0.2, 0.25) is 0 Å². The van der Waals surface area contributed by atoms with Gasteiger partial charge in [0.25, 0.3) is 0 Å². The smallest absolute Gasteiger partial charge is 0.359 e. The first-order valence-corrected chi connectivity index (χ1v) is 6.86. The Bertz CT molecular complexity index is 846. The van der Waals surface area contributed by atoms with E-state index in [1.807, 2.05) is 0 Å². The van der Waals surface area contributed by atoms with Crippen LogP contribution in [0.5, 0.6) is 0 Å². The van der Waals surface area contributed by atoms with Crippen LogP contribution in [-0.4, -0.2) is 15.7 Å². The van der Waals surface area contributed by atoms with Crippen LogP contribution >= 0.6 is 0 Å². The predicted octanol–water partition coefficient (Wildman–Crippen LogP) is 3.51. The Labute approximate surface area is 130 Å². The molecule has 0 aliphatic carbocycles. The van der Waals surface area contributed by atoms with Gasteiger partial charge in [0.15, 0.2) is 5.69 Å². The van der Waals surface area contributed by atoms with Crippen molar-refractivity contribution in [2.24, 2.45) is 0 Å². The summed E-state index contributed by atoms with van der Waals surface area (Å²) in [7, 11) is 0. The average Bonchev–Trinajstić information content (AvgIpc) is 3.04. The molecule has 0 unspecified atom stereocenters. The third-order valence-electron chi connectivity index (χ3n) is 3.21. The molecule has 0 aliphatic rings. The van der Waals surface area contributed by atoms with Crippen LogP contribution in [-0.2, 0) is 11.3 Å². The minimum atomic E-state index is -0.705. The lowest BCUT2D eigenvalue weighted by atomic mass is 10.2. The SMILES string of the molecule is O=C(OCc1ccccc1F)c1ccn(-c2ccccc2F)n1. The largest absolute Gasteiger partial charge is 0.456 e. The molecule has 0 N–H and O–H groups in total. The van der Waals surface area contributed by atoms with Crippen molar-refractivity contribution in [2.75, 3.05) is 0 Å². The average molecular weight is 314 g/mol. The highest BCUT2D eigenvalue weighted by Gasteiger charge is 2.14. The minimum absolute atomic E-state index is 0.0181. The molecule has 0 spiro atoms. The van der Waals surface area contributed by atoms with Gasteiger partial charge in [0.05, 0.1) is 0 Å². The summed E-state index contributed by atoms with van der Waals surface area (Å²) < 4.78 is 33.4. The minimum Gasteiger partial charge on any atom is -0.456 e. The van der Waals surface area contributed by atoms with Crippen molar-refractivity contribution < 1.29 is 18.3 Å². The Morgan fingerprint density at radius 2 is 1.70 bits per heavy atom. The summed E-state index contributed by atoms with van der Waals surface area (Å²) in [5.74, 6) is -1.61. The quantitative estimate of drug-likeness (QED) is 0.692. The molecule has 0 radical (unpaired) electrons. The number of carbonyl (C=O) groups excluding carboxylic acids is 1. The molecule has 3 aromatic rings. The Morgan fingerprint density at radius 1 is 1.00 bits per heavy atom. The summed E-state index contributed by atoms with van der Waals surface area (Å²) in [6.45, 7) is -0.196. The maximum absolute atomic E-state index is 13.7. The number of halogens is 2. The highest BCUT2D eigenvalue weighted by molar-refractivity contribution is 5.87. The topological polar surface area (TPSA) is 44.1 Å². The number of hydrogen-bond acceptors (Lipinski definition) is 3. The summed E-state index contributed by atoms with van der Waals surface area (Å²) >= 11 is 0. The number of benzene rings is 2. The first kappa shape index (κ1) is 14.9. The predicted molar refractivity (Wildman–Crippen MR) is 79.0 cm³/mol. The molecule has 0 saturated heterocycles. The molecule has 2 aromatic carbocycles. The Hall–Kier alpha value is -3.02. The number of hydrogen-bond donors (Lipinski definition) is 0. The third-order valence-corrected chi connectivity index (χ3v) is 3.21. The van der Waals surface area contributed by atoms with E-state index >= 15 is 0 Å². The fourth-order valence-corrected chi connectivity index (χ4v) is 2.04. The molecule has 116 valence electrons. The fourth-order valence-electron chi connectivity index (χ4n) is 2.04. The normalized spacial score (nSPS) is 10.5. The molecule has 4 nitrogen and oxygen atoms in total. The summed E-state index contributed by atoms with van der Waals surface area (Å²) in [6.07, 6.45) is 1.46. The van der Waals surface area contributed by atoms with Crippen LogP contribution in [0.4, 0.5) is 8.78 Å². The van der Waals surface area contributed by atoms with Crippen molar-refractivity contribution in [1.82, 2.24) is 9.78 Å². The van der Waals surface area contributed by atoms with E-state index in [1.54, 1.807) is 24.3 Å². The van der Waals surface area contributed by atoms with Gasteiger partial charge in [0, 0.05) is 11.8 Å². The standard InChI is InChI=1S/C17H12F2N2O2/c18-13-6-2-1-5-12(13)11-23-17(22)15-9-10-21(20-15)16-8-4-3-7-14(16)19/h1-10H,11H2. The second-order valence-corrected chi connectivity index (χ2v) is 4.76. The number of esters is 1. The van der Waals surface area contributed by atoms with Crippen molar-refractivity contribution >= 4 is 5.97 Å². The highest BCUT2D eigenvalue weighted by Crippen LogP contribution is 2.13. The third kappa shape index (κ3) is 3.26. The molecule has 1 heterocycles. The van der Waals surface area contributed by atoms with Crippen molar-refractivity contribution in [3.05, 3.63) is 83.7 Å². The van der Waals surface area contributed by atoms with Gasteiger partial charge in [0.1, 0.15) is 23.9 Å². The fraction of sp³-hybridized carbons (Fsp3) is 0.0588. The van der Waals surface area contributed by atoms with E-state index in [2.05, 4.69) is 5.10 Å². The Morgan fingerprint density at radius 3 is 2.43 bits per heavy atom. The second kappa shape index (κ2) is 6.39. The van der Waals surface area contributed by atoms with Gasteiger partial charge in [-0.05, 0) is 24.3 Å². The van der Waals surface area contributed by atoms with Gasteiger partial charge in [-0.25, -0.2) is 18.3 Å². The summed E-state index contributed by atoms with van der Waals surface area (Å²) in [6, 6.07) is 13.5. The highest BCUT2D eigenvalue weighted by atomic mass is 19.1. The number of ether oxygens (including phenoxy) is 1. The van der Waals surface area contributed by atoms with Gasteiger partial charge >= 0.3 is 5.97 Å². The molecule has 3 rings (SSSR count). The number of carbonyl (C=O) groups is 1. The number of nitrogens with zero attached hydrogens (tertiary/aromatic N) is 2. The van der Waals surface area contributed by atoms with Crippen molar-refractivity contribution in [3.63, 3.8) is 0 Å². The van der Waals surface area contributed by atoms with Crippen LogP contribution < -0.4 is 0 Å². The molecular formula is C17H12F2N2O2. The summed E-state index contributed by atoms with van der Waals surface area (Å²) in [5, 5.41) is 3.98. The molecule has 0 bridgehead atoms. The molecule has 0 amide bonds. The van der Waals surface area contributed by atoms with Gasteiger partial charge in [-0.2, -0.15) is 5.10 Å². The zero-order valence-electron chi connectivity index (χ0n) is 11.9. The molecule has 0 fully saturated rings. The van der Waals surface area contributed by atoms with Crippen LogP contribution in [0.1, 0.15) is 16.1 Å². The molecule has 0 aliphatic heterocycles. The van der Waals surface area contributed by atoms with Gasteiger partial charge in [-0.15, -0.1) is 0 Å². The summed E-state index contributed by atoms with van der Waals surface area (Å²) in [4.78, 5) is 11.9. The van der Waals surface area contributed by atoms with Gasteiger partial charge in [0.2, 0.25) is 0 Å². The van der Waals surface area contributed by atoms with Crippen LogP contribution in [0.3, 0.4) is 0 Å². The first-order valence-electron chi connectivity index (χ1n) is 6.86. The van der Waals surface area contributed by atoms with E-state index in [0.29, 0.717) is 0 Å². The van der Waals surface area contributed by atoms with E-state index in [1.165, 1.54) is 41.2 Å². The molecule has 23 heavy (non-hydrogen) atoms. The molecular weight excluding hydrogens is 302 g/mol. The maximum atomic E-state index is 13.7. The lowest BCUT2D eigenvalue weighted by Gasteiger charge is -2.04. The van der Waals surface area contributed by atoms with E-state index in [9.17, 15) is 13.6 Å². The number of aromatic nitrogens is 2. The van der Waals surface area contributed by atoms with Crippen molar-refractivity contribution in [1.29, 1.82) is 0 Å². The van der Waals surface area contributed by atoms with Crippen LogP contribution in [0, 0.1) is 11.6 Å². The van der Waals surface area contributed by atoms with Crippen LogP contribution in [0.15, 0.2) is 60.8 Å². The Balaban J connectivity index is 1.72. The van der Waals surface area contributed by atoms with Gasteiger partial charge in [-0.1, -0.05) is 30.3 Å². The zero-order chi connectivity index (χ0) is 16.2. The van der Waals surface area contributed by atoms with E-state index < -0.39 is 17.6 Å². The maximum Gasteiger partial charge on any atom is 0.359 e. The lowest BCUT2D eigenvalue weighted by molar-refractivity contribution is 0.0461. The first-order chi connectivity index (χ1) is 11.1. The molecule has 0 saturated carbocycles. The Kier molecular flexibility index (Phi) is 4.14. The van der Waals surface area contributed by atoms with Crippen LogP contribution in [0.25, 0.3) is 5.69 Å². The van der Waals surface area contributed by atoms with E-state index in [-0.39, 0.29) is 23.6 Å². The lowest BCUT2D eigenvalue weighted by Crippen LogP contribution is -2.08. The summed E-state index contributed by atoms with van der Waals surface area (Å²) in [5.41, 5.74) is 0.514. The van der Waals surface area contributed by atoms with E-state index in [0.717, 1.165) is 0 Å². The number of rotatable bonds is 4. The monoisotopic (exact) mass is 314 g/mol. The van der Waals surface area contributed by atoms with Crippen molar-refractivity contribution in [2.45, 2.75) is 6.61 Å². The zero-order valence-corrected chi connectivity index (χ0v) is 11.9. The molecule has 6 heteroatoms. The van der Waals surface area contributed by atoms with E-state index in [4.69, 9.17) is 4.74 Å². The molecule has 1 aromatic heterocycles. The van der Waals surface area contributed by atoms with Gasteiger partial charge < -0.3 is 4.74 Å². The number of para-hydroxylation sites is 1. The second-order valence-electron chi connectivity index (χ2n) is 4.76. The molecule has 0 atom stereocenters. The van der Waals surface area contributed by atoms with Crippen molar-refractivity contribution in [3.8, 4) is 5.69 Å².